The van der Waals surface area contributed by atoms with Crippen molar-refractivity contribution in [3.05, 3.63) is 0 Å². The van der Waals surface area contributed by atoms with Crippen molar-refractivity contribution in [2.75, 3.05) is 0 Å². The standard InChI is InChI=1S/3Cu.Sn.2H. The van der Waals surface area contributed by atoms with E-state index in [1.165, 1.54) is 0 Å². The molecule has 4 heavy (non-hydrogen) atoms. The van der Waals surface area contributed by atoms with Gasteiger partial charge in [0.05, 0.1) is 0 Å². The second-order valence-corrected chi connectivity index (χ2v) is 0. The van der Waals surface area contributed by atoms with Crippen LogP contribution >= 0.6 is 0 Å². The second-order valence-electron chi connectivity index (χ2n) is 0. The Hall–Kier alpha value is 2.36. The van der Waals surface area contributed by atoms with Crippen molar-refractivity contribution in [3.63, 3.8) is 0 Å². The molecule has 0 rings (SSSR count). The van der Waals surface area contributed by atoms with Crippen LogP contribution in [0, 0.1) is 0 Å². The van der Waals surface area contributed by atoms with Gasteiger partial charge in [0.15, 0.2) is 0 Å². The molecule has 0 saturated carbocycles. The first-order valence-electron chi connectivity index (χ1n) is 0. The van der Waals surface area contributed by atoms with Gasteiger partial charge in [-0.3, -0.25) is 0 Å². The minimum atomic E-state index is 0. The van der Waals surface area contributed by atoms with Crippen molar-refractivity contribution in [2.24, 2.45) is 0 Å². The van der Waals surface area contributed by atoms with E-state index in [0.717, 1.165) is 0 Å². The normalized spacial score (nSPS) is 0. The van der Waals surface area contributed by atoms with Crippen molar-refractivity contribution >= 4 is 23.9 Å². The summed E-state index contributed by atoms with van der Waals surface area (Å²) in [6, 6.07) is 0. The Morgan fingerprint density at radius 1 is 0.500 bits per heavy atom. The Bertz CT molecular complexity index is 3.25. The van der Waals surface area contributed by atoms with E-state index in [2.05, 4.69) is 0 Å². The minimum absolute atomic E-state index is 0. The summed E-state index contributed by atoms with van der Waals surface area (Å²) < 4.78 is 0. The Labute approximate surface area is 74.2 Å². The summed E-state index contributed by atoms with van der Waals surface area (Å²) in [5.74, 6) is 0. The van der Waals surface area contributed by atoms with Crippen LogP contribution in [-0.2, 0) is 51.2 Å². The summed E-state index contributed by atoms with van der Waals surface area (Å²) >= 11 is 0. The zero-order valence-corrected chi connectivity index (χ0v) is 8.47. The van der Waals surface area contributed by atoms with Crippen molar-refractivity contribution in [1.29, 1.82) is 0 Å². The van der Waals surface area contributed by atoms with Crippen LogP contribution in [0.5, 0.6) is 0 Å². The molecule has 0 aromatic heterocycles. The van der Waals surface area contributed by atoms with Crippen molar-refractivity contribution in [1.82, 2.24) is 0 Å². The fourth-order valence-corrected chi connectivity index (χ4v) is 0. The van der Waals surface area contributed by atoms with Crippen molar-refractivity contribution in [2.45, 2.75) is 0 Å². The molecule has 0 bridgehead atoms. The quantitative estimate of drug-likeness (QED) is 0.508. The number of hydrogen-bond donors (Lipinski definition) is 0. The predicted molar refractivity (Wildman–Crippen MR) is 8.54 cm³/mol. The molecule has 0 aromatic rings. The molecule has 0 N–H and O–H groups in total. The molecule has 39 valence electrons. The van der Waals surface area contributed by atoms with Gasteiger partial charge in [-0.05, 0) is 0 Å². The summed E-state index contributed by atoms with van der Waals surface area (Å²) in [5.41, 5.74) is 0. The second kappa shape index (κ2) is 18.3. The van der Waals surface area contributed by atoms with E-state index in [1.807, 2.05) is 0 Å². The van der Waals surface area contributed by atoms with Crippen LogP contribution in [0.2, 0.25) is 0 Å². The first-order chi connectivity index (χ1) is 0. The summed E-state index contributed by atoms with van der Waals surface area (Å²) in [6.45, 7) is 0. The topological polar surface area (TPSA) is 0 Å². The van der Waals surface area contributed by atoms with Gasteiger partial charge in [-0.25, -0.2) is 0 Å². The number of rotatable bonds is 0. The maximum absolute atomic E-state index is 0. The third kappa shape index (κ3) is 8.84. The molecule has 0 aromatic carbocycles. The van der Waals surface area contributed by atoms with Gasteiger partial charge in [0, 0.05) is 51.2 Å². The molecule has 0 saturated heterocycles. The third-order valence-corrected chi connectivity index (χ3v) is 0. The molecule has 0 aliphatic heterocycles. The Kier molecular flexibility index (Phi) is 150. The summed E-state index contributed by atoms with van der Waals surface area (Å²) in [6.07, 6.45) is 0. The van der Waals surface area contributed by atoms with Crippen molar-refractivity contribution < 1.29 is 51.2 Å². The molecule has 0 heterocycles. The van der Waals surface area contributed by atoms with Gasteiger partial charge in [-0.15, -0.1) is 0 Å². The van der Waals surface area contributed by atoms with E-state index in [4.69, 9.17) is 0 Å². The van der Waals surface area contributed by atoms with E-state index in [9.17, 15) is 0 Å². The molecule has 0 amide bonds. The summed E-state index contributed by atoms with van der Waals surface area (Å²) in [7, 11) is 0. The molecule has 0 aliphatic carbocycles. The van der Waals surface area contributed by atoms with Gasteiger partial charge >= 0.3 is 23.9 Å². The van der Waals surface area contributed by atoms with Crippen LogP contribution in [0.1, 0.15) is 0 Å². The van der Waals surface area contributed by atoms with Gasteiger partial charge in [0.2, 0.25) is 0 Å². The number of hydrogen-bond acceptors (Lipinski definition) is 0. The zero-order chi connectivity index (χ0) is 0. The van der Waals surface area contributed by atoms with Crippen molar-refractivity contribution in [3.8, 4) is 0 Å². The van der Waals surface area contributed by atoms with Gasteiger partial charge in [-0.2, -0.15) is 0 Å². The van der Waals surface area contributed by atoms with Crippen LogP contribution in [0.3, 0.4) is 0 Å². The van der Waals surface area contributed by atoms with E-state index in [-0.39, 0.29) is 75.1 Å². The van der Waals surface area contributed by atoms with E-state index >= 15 is 0 Å². The van der Waals surface area contributed by atoms with Crippen LogP contribution in [0.15, 0.2) is 0 Å². The van der Waals surface area contributed by atoms with Crippen LogP contribution in [-0.4, -0.2) is 23.9 Å². The molecule has 0 fully saturated rings. The molecule has 5 radical (unpaired) electrons. The molecular weight excluding hydrogens is 309 g/mol. The summed E-state index contributed by atoms with van der Waals surface area (Å²) in [4.78, 5) is 0. The fourth-order valence-electron chi connectivity index (χ4n) is 0. The molecule has 4 heteroatoms. The maximum atomic E-state index is 0. The molecule has 0 unspecified atom stereocenters. The average molecular weight is 311 g/mol. The van der Waals surface area contributed by atoms with Crippen LogP contribution < -0.4 is 0 Å². The van der Waals surface area contributed by atoms with Gasteiger partial charge in [-0.1, -0.05) is 0 Å². The monoisotopic (exact) mass is 311 g/mol. The SMILES string of the molecule is [Cu].[Cu].[Cu].[SnH2]. The molecule has 0 spiro atoms. The van der Waals surface area contributed by atoms with E-state index < -0.39 is 0 Å². The molecular formula is H2Cu3Sn. The fraction of sp³-hybridized carbons (Fsp3) is 0. The zero-order valence-electron chi connectivity index (χ0n) is 1.61. The average Bonchev–Trinajstić information content (AvgIpc) is 0. The first kappa shape index (κ1) is 32.8. The van der Waals surface area contributed by atoms with Gasteiger partial charge in [0.1, 0.15) is 0 Å². The molecule has 0 aliphatic rings. The van der Waals surface area contributed by atoms with E-state index in [1.54, 1.807) is 0 Å². The van der Waals surface area contributed by atoms with Gasteiger partial charge in [0.25, 0.3) is 0 Å². The predicted octanol–water partition coefficient (Wildman–Crippen LogP) is -0.924. The Morgan fingerprint density at radius 2 is 0.500 bits per heavy atom. The summed E-state index contributed by atoms with van der Waals surface area (Å²) in [5, 5.41) is 0. The van der Waals surface area contributed by atoms with Crippen LogP contribution in [0.25, 0.3) is 0 Å². The van der Waals surface area contributed by atoms with Gasteiger partial charge < -0.3 is 0 Å². The van der Waals surface area contributed by atoms with E-state index in [0.29, 0.717) is 0 Å². The molecule has 0 nitrogen and oxygen atoms in total. The Balaban J connectivity index is 0. The third-order valence-electron chi connectivity index (χ3n) is 0. The molecule has 0 atom stereocenters. The first-order valence-corrected chi connectivity index (χ1v) is 0. The van der Waals surface area contributed by atoms with Crippen LogP contribution in [0.4, 0.5) is 0 Å². The Morgan fingerprint density at radius 3 is 0.500 bits per heavy atom.